The number of pyridine rings is 1. The molecule has 3 rings (SSSR count). The van der Waals surface area contributed by atoms with Crippen molar-refractivity contribution in [2.75, 3.05) is 0 Å². The second-order valence-corrected chi connectivity index (χ2v) is 5.79. The maximum absolute atomic E-state index is 12.6. The Balaban J connectivity index is 1.98. The third kappa shape index (κ3) is 3.17. The van der Waals surface area contributed by atoms with Crippen LogP contribution in [0.1, 0.15) is 44.5 Å². The van der Waals surface area contributed by atoms with E-state index in [1.165, 1.54) is 11.1 Å². The molecular formula is C18H19N5O. The molecule has 0 saturated carbocycles. The van der Waals surface area contributed by atoms with Crippen molar-refractivity contribution in [3.05, 3.63) is 76.4 Å². The summed E-state index contributed by atoms with van der Waals surface area (Å²) in [6.07, 6.45) is 3.47. The van der Waals surface area contributed by atoms with Crippen molar-refractivity contribution in [3.8, 4) is 0 Å². The van der Waals surface area contributed by atoms with E-state index in [0.29, 0.717) is 11.4 Å². The lowest BCUT2D eigenvalue weighted by atomic mass is 9.96. The molecule has 0 aliphatic carbocycles. The number of carbonyl (C=O) groups excluding carboxylic acids is 1. The topological polar surface area (TPSA) is 83.6 Å². The Morgan fingerprint density at radius 3 is 2.54 bits per heavy atom. The van der Waals surface area contributed by atoms with Crippen molar-refractivity contribution in [2.45, 2.75) is 26.8 Å². The van der Waals surface area contributed by atoms with Gasteiger partial charge in [-0.2, -0.15) is 15.4 Å². The van der Waals surface area contributed by atoms with Crippen molar-refractivity contribution < 1.29 is 4.79 Å². The first-order valence-electron chi connectivity index (χ1n) is 7.71. The smallest absolute Gasteiger partial charge is 0.274 e. The van der Waals surface area contributed by atoms with Gasteiger partial charge in [0.1, 0.15) is 0 Å². The standard InChI is InChI=1S/C18H19N5O/c1-11-6-7-14(9-12(11)2)17(15-5-4-8-19-10-15)20-18(24)16-13(3)21-23-22-16/h4-10,17H,1-3H3,(H,20,24)(H,21,22,23)/t17-/m0/s1. The lowest BCUT2D eigenvalue weighted by molar-refractivity contribution is 0.0937. The number of aromatic amines is 1. The molecule has 0 fully saturated rings. The minimum atomic E-state index is -0.304. The number of benzene rings is 1. The Hall–Kier alpha value is -3.02. The van der Waals surface area contributed by atoms with E-state index in [-0.39, 0.29) is 11.9 Å². The molecule has 6 heteroatoms. The molecule has 0 radical (unpaired) electrons. The van der Waals surface area contributed by atoms with Gasteiger partial charge in [-0.3, -0.25) is 9.78 Å². The molecule has 0 aliphatic rings. The number of amides is 1. The number of H-pyrrole nitrogens is 1. The molecule has 3 aromatic rings. The highest BCUT2D eigenvalue weighted by molar-refractivity contribution is 5.93. The van der Waals surface area contributed by atoms with Crippen LogP contribution in [-0.2, 0) is 0 Å². The van der Waals surface area contributed by atoms with Gasteiger partial charge in [-0.05, 0) is 49.1 Å². The average Bonchev–Trinajstić information content (AvgIpc) is 3.02. The van der Waals surface area contributed by atoms with Gasteiger partial charge >= 0.3 is 0 Å². The van der Waals surface area contributed by atoms with Gasteiger partial charge < -0.3 is 5.32 Å². The van der Waals surface area contributed by atoms with E-state index in [1.807, 2.05) is 18.2 Å². The summed E-state index contributed by atoms with van der Waals surface area (Å²) in [6, 6.07) is 9.67. The third-order valence-electron chi connectivity index (χ3n) is 4.09. The van der Waals surface area contributed by atoms with E-state index in [9.17, 15) is 4.79 Å². The second-order valence-electron chi connectivity index (χ2n) is 5.79. The highest BCUT2D eigenvalue weighted by Gasteiger charge is 2.21. The van der Waals surface area contributed by atoms with Crippen molar-refractivity contribution in [1.29, 1.82) is 0 Å². The van der Waals surface area contributed by atoms with Crippen LogP contribution in [0, 0.1) is 20.8 Å². The Bertz CT molecular complexity index is 857. The molecule has 2 aromatic heterocycles. The molecular weight excluding hydrogens is 302 g/mol. The molecule has 1 atom stereocenters. The molecule has 0 spiro atoms. The molecule has 1 aromatic carbocycles. The third-order valence-corrected chi connectivity index (χ3v) is 4.09. The first kappa shape index (κ1) is 15.9. The summed E-state index contributed by atoms with van der Waals surface area (Å²) in [5.74, 6) is -0.270. The zero-order valence-electron chi connectivity index (χ0n) is 13.9. The van der Waals surface area contributed by atoms with Crippen molar-refractivity contribution in [2.24, 2.45) is 0 Å². The summed E-state index contributed by atoms with van der Waals surface area (Å²) in [5, 5.41) is 13.3. The summed E-state index contributed by atoms with van der Waals surface area (Å²) in [7, 11) is 0. The lowest BCUT2D eigenvalue weighted by Crippen LogP contribution is -2.30. The Morgan fingerprint density at radius 1 is 1.08 bits per heavy atom. The van der Waals surface area contributed by atoms with Crippen LogP contribution in [0.2, 0.25) is 0 Å². The number of hydrogen-bond acceptors (Lipinski definition) is 4. The van der Waals surface area contributed by atoms with Gasteiger partial charge in [0.2, 0.25) is 0 Å². The molecule has 0 bridgehead atoms. The second kappa shape index (κ2) is 6.62. The molecule has 6 nitrogen and oxygen atoms in total. The summed E-state index contributed by atoms with van der Waals surface area (Å²) < 4.78 is 0. The Labute approximate surface area is 140 Å². The van der Waals surface area contributed by atoms with Crippen LogP contribution >= 0.6 is 0 Å². The number of aromatic nitrogens is 4. The molecule has 2 N–H and O–H groups in total. The number of nitrogens with one attached hydrogen (secondary N) is 2. The SMILES string of the molecule is Cc1ccc([C@H](NC(=O)c2n[nH]nc2C)c2cccnc2)cc1C. The maximum atomic E-state index is 12.6. The fourth-order valence-electron chi connectivity index (χ4n) is 2.55. The largest absolute Gasteiger partial charge is 0.340 e. The molecule has 1 amide bonds. The fraction of sp³-hybridized carbons (Fsp3) is 0.222. The van der Waals surface area contributed by atoms with Crippen LogP contribution in [0.4, 0.5) is 0 Å². The number of hydrogen-bond donors (Lipinski definition) is 2. The summed E-state index contributed by atoms with van der Waals surface area (Å²) in [6.45, 7) is 5.87. The van der Waals surface area contributed by atoms with Gasteiger partial charge in [0.25, 0.3) is 5.91 Å². The highest BCUT2D eigenvalue weighted by Crippen LogP contribution is 2.24. The van der Waals surface area contributed by atoms with E-state index in [2.05, 4.69) is 51.7 Å². The number of nitrogens with zero attached hydrogens (tertiary/aromatic N) is 3. The van der Waals surface area contributed by atoms with Crippen LogP contribution in [-0.4, -0.2) is 26.3 Å². The summed E-state index contributed by atoms with van der Waals surface area (Å²) >= 11 is 0. The average molecular weight is 321 g/mol. The quantitative estimate of drug-likeness (QED) is 0.774. The molecule has 0 saturated heterocycles. The normalized spacial score (nSPS) is 12.0. The van der Waals surface area contributed by atoms with Gasteiger partial charge in [0.15, 0.2) is 5.69 Å². The zero-order chi connectivity index (χ0) is 17.1. The van der Waals surface area contributed by atoms with Crippen LogP contribution < -0.4 is 5.32 Å². The molecule has 24 heavy (non-hydrogen) atoms. The monoisotopic (exact) mass is 321 g/mol. The fourth-order valence-corrected chi connectivity index (χ4v) is 2.55. The van der Waals surface area contributed by atoms with Crippen LogP contribution in [0.5, 0.6) is 0 Å². The first-order chi connectivity index (χ1) is 11.6. The van der Waals surface area contributed by atoms with Crippen LogP contribution in [0.25, 0.3) is 0 Å². The van der Waals surface area contributed by atoms with Crippen molar-refractivity contribution >= 4 is 5.91 Å². The predicted molar refractivity (Wildman–Crippen MR) is 90.6 cm³/mol. The summed E-state index contributed by atoms with van der Waals surface area (Å²) in [5.41, 5.74) is 5.16. The van der Waals surface area contributed by atoms with Crippen LogP contribution in [0.3, 0.4) is 0 Å². The Kier molecular flexibility index (Phi) is 4.37. The van der Waals surface area contributed by atoms with E-state index >= 15 is 0 Å². The van der Waals surface area contributed by atoms with Gasteiger partial charge in [0, 0.05) is 12.4 Å². The van der Waals surface area contributed by atoms with E-state index in [1.54, 1.807) is 19.3 Å². The highest BCUT2D eigenvalue weighted by atomic mass is 16.2. The molecule has 0 aliphatic heterocycles. The predicted octanol–water partition coefficient (Wildman–Crippen LogP) is 2.64. The van der Waals surface area contributed by atoms with Crippen LogP contribution in [0.15, 0.2) is 42.7 Å². The molecule has 0 unspecified atom stereocenters. The molecule has 122 valence electrons. The number of rotatable bonds is 4. The van der Waals surface area contributed by atoms with Crippen molar-refractivity contribution in [1.82, 2.24) is 25.7 Å². The van der Waals surface area contributed by atoms with Crippen molar-refractivity contribution in [3.63, 3.8) is 0 Å². The number of carbonyl (C=O) groups is 1. The minimum absolute atomic E-state index is 0.270. The lowest BCUT2D eigenvalue weighted by Gasteiger charge is -2.20. The minimum Gasteiger partial charge on any atom is -0.340 e. The van der Waals surface area contributed by atoms with Gasteiger partial charge in [0.05, 0.1) is 11.7 Å². The Morgan fingerprint density at radius 2 is 1.92 bits per heavy atom. The van der Waals surface area contributed by atoms with E-state index < -0.39 is 0 Å². The first-order valence-corrected chi connectivity index (χ1v) is 7.71. The van der Waals surface area contributed by atoms with Gasteiger partial charge in [-0.25, -0.2) is 0 Å². The van der Waals surface area contributed by atoms with Gasteiger partial charge in [-0.15, -0.1) is 0 Å². The van der Waals surface area contributed by atoms with E-state index in [4.69, 9.17) is 0 Å². The van der Waals surface area contributed by atoms with Gasteiger partial charge in [-0.1, -0.05) is 24.3 Å². The summed E-state index contributed by atoms with van der Waals surface area (Å²) in [4.78, 5) is 16.8. The molecule has 2 heterocycles. The zero-order valence-corrected chi connectivity index (χ0v) is 13.9. The van der Waals surface area contributed by atoms with E-state index in [0.717, 1.165) is 11.1 Å². The maximum Gasteiger partial charge on any atom is 0.274 e. The number of aryl methyl sites for hydroxylation is 3.